The number of carbonyl (C=O) groups is 3. The minimum atomic E-state index is -0.801. The smallest absolute Gasteiger partial charge is 0.306 e. The highest BCUT2D eigenvalue weighted by Gasteiger charge is 2.19. The van der Waals surface area contributed by atoms with Gasteiger partial charge in [0, 0.05) is 19.3 Å². The standard InChI is InChI=1S/C76H122O6/c1-4-7-10-13-16-19-22-24-26-28-30-32-34-36-37-38-39-41-42-44-46-48-50-52-54-57-60-63-66-69-75(78)81-72-73(71-80-74(77)68-65-62-59-56-21-18-15-12-9-6-3)82-76(79)70-67-64-61-58-55-53-51-49-47-45-43-40-35-33-31-29-27-25-23-20-17-14-11-8-5-2/h7-8,10-12,15-17,19-20,24-27,30-33,36-37,39,41,44,46,50,52,73H,4-6,9,13-14,18,21-23,28-29,34-35,38,40,42-43,45,47-49,51,53-72H2,1-3H3/b10-7-,11-8-,15-12-,19-16-,20-17-,26-24-,27-25-,32-30-,33-31-,37-36-,41-39-,46-44-,52-50-. The van der Waals surface area contributed by atoms with Gasteiger partial charge in [0.05, 0.1) is 0 Å². The third-order valence-corrected chi connectivity index (χ3v) is 13.7. The topological polar surface area (TPSA) is 78.9 Å². The molecule has 0 aromatic carbocycles. The molecule has 0 fully saturated rings. The van der Waals surface area contributed by atoms with Crippen LogP contribution in [0.3, 0.4) is 0 Å². The van der Waals surface area contributed by atoms with Crippen molar-refractivity contribution in [3.05, 3.63) is 158 Å². The number of carbonyl (C=O) groups excluding carboxylic acids is 3. The van der Waals surface area contributed by atoms with E-state index >= 15 is 0 Å². The van der Waals surface area contributed by atoms with Gasteiger partial charge in [0.2, 0.25) is 0 Å². The van der Waals surface area contributed by atoms with Gasteiger partial charge in [0.15, 0.2) is 6.10 Å². The van der Waals surface area contributed by atoms with E-state index < -0.39 is 6.10 Å². The Kier molecular flexibility index (Phi) is 64.4. The maximum absolute atomic E-state index is 12.9. The first-order valence-corrected chi connectivity index (χ1v) is 33.5. The molecule has 462 valence electrons. The molecule has 6 heteroatoms. The summed E-state index contributed by atoms with van der Waals surface area (Å²) in [4.78, 5) is 38.3. The second kappa shape index (κ2) is 68.5. The molecule has 0 amide bonds. The van der Waals surface area contributed by atoms with Gasteiger partial charge in [-0.25, -0.2) is 0 Å². The maximum Gasteiger partial charge on any atom is 0.306 e. The summed E-state index contributed by atoms with van der Waals surface area (Å²) in [6.07, 6.45) is 99.8. The molecule has 0 rings (SSSR count). The van der Waals surface area contributed by atoms with Crippen LogP contribution in [0, 0.1) is 0 Å². The van der Waals surface area contributed by atoms with Gasteiger partial charge in [0.25, 0.3) is 0 Å². The molecule has 82 heavy (non-hydrogen) atoms. The summed E-state index contributed by atoms with van der Waals surface area (Å²) in [6, 6.07) is 0. The van der Waals surface area contributed by atoms with Gasteiger partial charge in [-0.1, -0.05) is 281 Å². The van der Waals surface area contributed by atoms with Crippen molar-refractivity contribution in [2.24, 2.45) is 0 Å². The zero-order valence-corrected chi connectivity index (χ0v) is 52.9. The van der Waals surface area contributed by atoms with Gasteiger partial charge >= 0.3 is 17.9 Å². The number of esters is 3. The van der Waals surface area contributed by atoms with E-state index in [4.69, 9.17) is 14.2 Å². The molecule has 0 spiro atoms. The second-order valence-electron chi connectivity index (χ2n) is 21.6. The Morgan fingerprint density at radius 3 is 0.756 bits per heavy atom. The molecule has 0 saturated carbocycles. The molecule has 6 nitrogen and oxygen atoms in total. The molecule has 0 aromatic rings. The van der Waals surface area contributed by atoms with Crippen molar-refractivity contribution in [1.29, 1.82) is 0 Å². The van der Waals surface area contributed by atoms with Crippen LogP contribution in [-0.4, -0.2) is 37.2 Å². The fraction of sp³-hybridized carbons (Fsp3) is 0.618. The van der Waals surface area contributed by atoms with Gasteiger partial charge in [-0.15, -0.1) is 0 Å². The Morgan fingerprint density at radius 1 is 0.256 bits per heavy atom. The molecule has 0 saturated heterocycles. The fourth-order valence-electron chi connectivity index (χ4n) is 8.80. The van der Waals surface area contributed by atoms with Gasteiger partial charge in [-0.05, 0) is 141 Å². The third kappa shape index (κ3) is 65.8. The lowest BCUT2D eigenvalue weighted by Gasteiger charge is -2.18. The molecule has 0 aliphatic carbocycles. The van der Waals surface area contributed by atoms with Gasteiger partial charge < -0.3 is 14.2 Å². The molecule has 1 atom stereocenters. The van der Waals surface area contributed by atoms with E-state index in [1.165, 1.54) is 77.0 Å². The minimum absolute atomic E-state index is 0.0965. The monoisotopic (exact) mass is 1130 g/mol. The van der Waals surface area contributed by atoms with Crippen molar-refractivity contribution in [3.63, 3.8) is 0 Å². The SMILES string of the molecule is CC/C=C\C/C=C\C/C=C\C/C=C\C/C=C\C/C=C\C/C=C\C/C=C\CCCCCCC(=O)OCC(COC(=O)CCCCCCC/C=C\CCC)OC(=O)CCCCCCCCCCCCCC/C=C\C/C=C\C/C=C\C/C=C\CC. The third-order valence-electron chi connectivity index (χ3n) is 13.7. The molecule has 0 radical (unpaired) electrons. The lowest BCUT2D eigenvalue weighted by Crippen LogP contribution is -2.30. The van der Waals surface area contributed by atoms with Gasteiger partial charge in [-0.2, -0.15) is 0 Å². The average Bonchev–Trinajstić information content (AvgIpc) is 3.48. The molecule has 0 bridgehead atoms. The molecule has 0 aliphatic heterocycles. The molecular formula is C76H122O6. The zero-order chi connectivity index (χ0) is 59.2. The summed E-state index contributed by atoms with van der Waals surface area (Å²) in [6.45, 7) is 6.33. The number of rotatable bonds is 59. The van der Waals surface area contributed by atoms with Crippen molar-refractivity contribution in [3.8, 4) is 0 Å². The van der Waals surface area contributed by atoms with Crippen LogP contribution < -0.4 is 0 Å². The first kappa shape index (κ1) is 77.0. The number of hydrogen-bond acceptors (Lipinski definition) is 6. The van der Waals surface area contributed by atoms with Crippen LogP contribution in [0.2, 0.25) is 0 Å². The summed E-state index contributed by atoms with van der Waals surface area (Å²) >= 11 is 0. The summed E-state index contributed by atoms with van der Waals surface area (Å²) in [5, 5.41) is 0. The van der Waals surface area contributed by atoms with Crippen LogP contribution in [0.1, 0.15) is 284 Å². The van der Waals surface area contributed by atoms with Crippen LogP contribution in [0.25, 0.3) is 0 Å². The predicted octanol–water partition coefficient (Wildman–Crippen LogP) is 23.3. The normalized spacial score (nSPS) is 13.2. The minimum Gasteiger partial charge on any atom is -0.462 e. The Balaban J connectivity index is 4.32. The zero-order valence-electron chi connectivity index (χ0n) is 52.9. The highest BCUT2D eigenvalue weighted by atomic mass is 16.6. The lowest BCUT2D eigenvalue weighted by atomic mass is 10.0. The fourth-order valence-corrected chi connectivity index (χ4v) is 8.80. The van der Waals surface area contributed by atoms with E-state index in [2.05, 4.69) is 179 Å². The number of unbranched alkanes of at least 4 members (excludes halogenated alkanes) is 22. The van der Waals surface area contributed by atoms with E-state index in [0.717, 1.165) is 167 Å². The quantitative estimate of drug-likeness (QED) is 0.0261. The highest BCUT2D eigenvalue weighted by Crippen LogP contribution is 2.15. The summed E-state index contributed by atoms with van der Waals surface area (Å²) in [5.74, 6) is -0.935. The van der Waals surface area contributed by atoms with Crippen molar-refractivity contribution >= 4 is 17.9 Å². The Hall–Kier alpha value is -4.97. The van der Waals surface area contributed by atoms with Crippen LogP contribution >= 0.6 is 0 Å². The second-order valence-corrected chi connectivity index (χ2v) is 21.6. The average molecular weight is 1130 g/mol. The molecule has 0 N–H and O–H groups in total. The molecule has 1 unspecified atom stereocenters. The number of hydrogen-bond donors (Lipinski definition) is 0. The van der Waals surface area contributed by atoms with Gasteiger partial charge in [-0.3, -0.25) is 14.4 Å². The summed E-state index contributed by atoms with van der Waals surface area (Å²) in [7, 11) is 0. The van der Waals surface area contributed by atoms with E-state index in [9.17, 15) is 14.4 Å². The van der Waals surface area contributed by atoms with Crippen molar-refractivity contribution in [1.82, 2.24) is 0 Å². The van der Waals surface area contributed by atoms with Crippen molar-refractivity contribution in [2.45, 2.75) is 290 Å². The number of allylic oxidation sites excluding steroid dienone is 26. The van der Waals surface area contributed by atoms with Crippen molar-refractivity contribution < 1.29 is 28.6 Å². The summed E-state index contributed by atoms with van der Waals surface area (Å²) < 4.78 is 16.9. The maximum atomic E-state index is 12.9. The van der Waals surface area contributed by atoms with Gasteiger partial charge in [0.1, 0.15) is 13.2 Å². The van der Waals surface area contributed by atoms with E-state index in [1.54, 1.807) is 0 Å². The Morgan fingerprint density at radius 2 is 0.476 bits per heavy atom. The molecule has 0 aliphatic rings. The van der Waals surface area contributed by atoms with Crippen LogP contribution in [0.15, 0.2) is 158 Å². The number of ether oxygens (including phenoxy) is 3. The first-order chi connectivity index (χ1) is 40.5. The highest BCUT2D eigenvalue weighted by molar-refractivity contribution is 5.71. The Bertz CT molecular complexity index is 1830. The first-order valence-electron chi connectivity index (χ1n) is 33.5. The Labute approximate surface area is 505 Å². The van der Waals surface area contributed by atoms with Crippen LogP contribution in [-0.2, 0) is 28.6 Å². The molecule has 0 heterocycles. The molecule has 0 aromatic heterocycles. The van der Waals surface area contributed by atoms with E-state index in [1.807, 2.05) is 0 Å². The largest absolute Gasteiger partial charge is 0.462 e. The lowest BCUT2D eigenvalue weighted by molar-refractivity contribution is -0.167. The predicted molar refractivity (Wildman–Crippen MR) is 357 cm³/mol. The van der Waals surface area contributed by atoms with Crippen LogP contribution in [0.5, 0.6) is 0 Å². The van der Waals surface area contributed by atoms with Crippen LogP contribution in [0.4, 0.5) is 0 Å². The van der Waals surface area contributed by atoms with E-state index in [-0.39, 0.29) is 31.1 Å². The summed E-state index contributed by atoms with van der Waals surface area (Å²) in [5.41, 5.74) is 0. The van der Waals surface area contributed by atoms with E-state index in [0.29, 0.717) is 19.3 Å². The van der Waals surface area contributed by atoms with Crippen molar-refractivity contribution in [2.75, 3.05) is 13.2 Å². The molecular weight excluding hydrogens is 1010 g/mol.